The van der Waals surface area contributed by atoms with Crippen molar-refractivity contribution in [3.63, 3.8) is 0 Å². The topological polar surface area (TPSA) is 82.4 Å². The molecule has 0 bridgehead atoms. The molecule has 8 nitrogen and oxygen atoms in total. The molecule has 2 unspecified atom stereocenters. The molecule has 242 valence electrons. The molecule has 1 heterocycles. The summed E-state index contributed by atoms with van der Waals surface area (Å²) < 4.78 is 39.5. The Labute approximate surface area is 274 Å². The molecule has 1 fully saturated rings. The fraction of sp³-hybridized carbons (Fsp3) is 0.457. The molecule has 0 spiro atoms. The Morgan fingerprint density at radius 1 is 0.867 bits per heavy atom. The van der Waals surface area contributed by atoms with Crippen molar-refractivity contribution in [3.8, 4) is 17.6 Å². The summed E-state index contributed by atoms with van der Waals surface area (Å²) in [6.07, 6.45) is 0.0562. The molecule has 3 aromatic carbocycles. The third-order valence-corrected chi connectivity index (χ3v) is 10.1. The van der Waals surface area contributed by atoms with Gasteiger partial charge in [-0.1, -0.05) is 54.6 Å². The van der Waals surface area contributed by atoms with Crippen LogP contribution in [-0.4, -0.2) is 61.8 Å². The summed E-state index contributed by atoms with van der Waals surface area (Å²) in [5.74, 6) is 1.51. The largest absolute Gasteiger partial charge is 0.497 e. The third-order valence-electron chi connectivity index (χ3n) is 7.69. The van der Waals surface area contributed by atoms with Gasteiger partial charge in [0.05, 0.1) is 46.0 Å². The van der Waals surface area contributed by atoms with E-state index in [1.165, 1.54) is 0 Å². The summed E-state index contributed by atoms with van der Waals surface area (Å²) in [5.41, 5.74) is 1.51. The minimum atomic E-state index is -1.45. The summed E-state index contributed by atoms with van der Waals surface area (Å²) in [7, 11) is 1.87. The molecule has 1 saturated heterocycles. The number of nitriles is 1. The lowest BCUT2D eigenvalue weighted by atomic mass is 9.79. The first kappa shape index (κ1) is 35.2. The Morgan fingerprint density at radius 3 is 1.89 bits per heavy atom. The second-order valence-corrected chi connectivity index (χ2v) is 13.4. The Hall–Kier alpha value is -2.67. The molecule has 3 aromatic rings. The van der Waals surface area contributed by atoms with Gasteiger partial charge in [-0.3, -0.25) is 0 Å². The second kappa shape index (κ2) is 16.8. The van der Waals surface area contributed by atoms with E-state index in [0.717, 1.165) is 28.2 Å². The van der Waals surface area contributed by atoms with Crippen molar-refractivity contribution in [2.75, 3.05) is 27.4 Å². The molecule has 0 aliphatic carbocycles. The fourth-order valence-electron chi connectivity index (χ4n) is 5.67. The molecular formula is C35H45N2O6PS. The summed E-state index contributed by atoms with van der Waals surface area (Å²) >= 11 is 4.73. The van der Waals surface area contributed by atoms with Gasteiger partial charge < -0.3 is 28.0 Å². The van der Waals surface area contributed by atoms with Crippen molar-refractivity contribution in [2.24, 2.45) is 0 Å². The molecule has 4 rings (SSSR count). The minimum absolute atomic E-state index is 0.184. The van der Waals surface area contributed by atoms with Crippen molar-refractivity contribution in [1.82, 2.24) is 4.67 Å². The molecule has 0 aromatic heterocycles. The molecule has 4 atom stereocenters. The summed E-state index contributed by atoms with van der Waals surface area (Å²) in [6, 6.07) is 28.7. The van der Waals surface area contributed by atoms with Gasteiger partial charge in [0.2, 0.25) is 0 Å². The first-order valence-electron chi connectivity index (χ1n) is 15.3. The van der Waals surface area contributed by atoms with E-state index in [9.17, 15) is 0 Å². The van der Waals surface area contributed by atoms with Crippen LogP contribution in [0.1, 0.15) is 57.2 Å². The van der Waals surface area contributed by atoms with Crippen LogP contribution in [0.5, 0.6) is 11.5 Å². The highest BCUT2D eigenvalue weighted by Crippen LogP contribution is 2.48. The van der Waals surface area contributed by atoms with Crippen LogP contribution in [0.3, 0.4) is 0 Å². The third kappa shape index (κ3) is 8.58. The maximum atomic E-state index is 9.11. The van der Waals surface area contributed by atoms with Gasteiger partial charge in [-0.2, -0.15) is 5.26 Å². The van der Waals surface area contributed by atoms with Crippen molar-refractivity contribution < 1.29 is 28.0 Å². The van der Waals surface area contributed by atoms with Gasteiger partial charge in [0.1, 0.15) is 28.6 Å². The monoisotopic (exact) mass is 652 g/mol. The number of hydrogen-bond acceptors (Lipinski definition) is 9. The van der Waals surface area contributed by atoms with E-state index in [4.69, 9.17) is 45.9 Å². The maximum absolute atomic E-state index is 9.11. The van der Waals surface area contributed by atoms with Crippen LogP contribution in [0, 0.1) is 11.3 Å². The van der Waals surface area contributed by atoms with Crippen LogP contribution in [0.2, 0.25) is 0 Å². The van der Waals surface area contributed by atoms with Gasteiger partial charge in [-0.25, -0.2) is 4.67 Å². The lowest BCUT2D eigenvalue weighted by molar-refractivity contribution is -0.0892. The van der Waals surface area contributed by atoms with E-state index < -0.39 is 20.2 Å². The summed E-state index contributed by atoms with van der Waals surface area (Å²) in [6.45, 7) is 9.01. The predicted octanol–water partition coefficient (Wildman–Crippen LogP) is 7.72. The van der Waals surface area contributed by atoms with Crippen LogP contribution in [0.4, 0.5) is 0 Å². The van der Waals surface area contributed by atoms with E-state index in [1.807, 2.05) is 66.7 Å². The first-order chi connectivity index (χ1) is 21.7. The number of ether oxygens (including phenoxy) is 4. The highest BCUT2D eigenvalue weighted by Gasteiger charge is 2.45. The quantitative estimate of drug-likeness (QED) is 0.0729. The molecule has 1 aliphatic rings. The van der Waals surface area contributed by atoms with Gasteiger partial charge in [0.25, 0.3) is 8.53 Å². The average molecular weight is 653 g/mol. The van der Waals surface area contributed by atoms with Crippen LogP contribution in [-0.2, 0) is 24.1 Å². The van der Waals surface area contributed by atoms with Crippen LogP contribution in [0.25, 0.3) is 0 Å². The normalized spacial score (nSPS) is 19.2. The SMILES string of the molecule is COc1ccc(C(OC2C[C@H](S)O[C@@H]2COP(OCCC#N)N(C(C)C)C(C)C)(c2ccccc2)c2ccc(OC)cc2)cc1. The van der Waals surface area contributed by atoms with E-state index >= 15 is 0 Å². The lowest BCUT2D eigenvalue weighted by Crippen LogP contribution is -2.41. The molecule has 0 N–H and O–H groups in total. The molecule has 0 radical (unpaired) electrons. The zero-order valence-electron chi connectivity index (χ0n) is 27.0. The van der Waals surface area contributed by atoms with E-state index in [1.54, 1.807) is 14.2 Å². The van der Waals surface area contributed by atoms with Crippen molar-refractivity contribution in [3.05, 3.63) is 95.6 Å². The smallest absolute Gasteiger partial charge is 0.259 e. The fourth-order valence-corrected chi connectivity index (χ4v) is 7.65. The zero-order valence-corrected chi connectivity index (χ0v) is 28.7. The second-order valence-electron chi connectivity index (χ2n) is 11.4. The Kier molecular flexibility index (Phi) is 13.1. The Balaban J connectivity index is 1.74. The van der Waals surface area contributed by atoms with Crippen molar-refractivity contribution in [2.45, 2.75) is 75.9 Å². The molecule has 10 heteroatoms. The minimum Gasteiger partial charge on any atom is -0.497 e. The van der Waals surface area contributed by atoms with Gasteiger partial charge in [0.15, 0.2) is 0 Å². The molecule has 0 saturated carbocycles. The highest BCUT2D eigenvalue weighted by molar-refractivity contribution is 7.80. The predicted molar refractivity (Wildman–Crippen MR) is 181 cm³/mol. The molecule has 45 heavy (non-hydrogen) atoms. The standard InChI is InChI=1S/C35H45N2O6PS/c1-25(2)37(26(3)4)44(40-22-10-21-36)41-24-33-32(23-34(45)42-33)43-35(27-11-8-7-9-12-27,28-13-17-30(38-5)18-14-28)29-15-19-31(39-6)20-16-29/h7-9,11-20,25-26,32-34,45H,10,22-24H2,1-6H3/t32?,33-,34+,44?/m1/s1. The molecule has 0 amide bonds. The number of rotatable bonds is 16. The summed E-state index contributed by atoms with van der Waals surface area (Å²) in [4.78, 5) is 0. The van der Waals surface area contributed by atoms with Crippen LogP contribution >= 0.6 is 21.2 Å². The zero-order chi connectivity index (χ0) is 32.4. The van der Waals surface area contributed by atoms with Gasteiger partial charge in [-0.15, -0.1) is 12.6 Å². The Morgan fingerprint density at radius 2 is 1.40 bits per heavy atom. The number of hydrogen-bond donors (Lipinski definition) is 1. The van der Waals surface area contributed by atoms with E-state index in [-0.39, 0.29) is 30.2 Å². The number of nitrogens with zero attached hydrogens (tertiary/aromatic N) is 2. The van der Waals surface area contributed by atoms with Crippen LogP contribution < -0.4 is 9.47 Å². The van der Waals surface area contributed by atoms with Gasteiger partial charge in [-0.05, 0) is 68.7 Å². The first-order valence-corrected chi connectivity index (χ1v) is 16.9. The van der Waals surface area contributed by atoms with Crippen molar-refractivity contribution in [1.29, 1.82) is 5.26 Å². The number of thiol groups is 1. The number of methoxy groups -OCH3 is 2. The summed E-state index contributed by atoms with van der Waals surface area (Å²) in [5, 5.41) is 9.11. The van der Waals surface area contributed by atoms with E-state index in [0.29, 0.717) is 19.4 Å². The van der Waals surface area contributed by atoms with E-state index in [2.05, 4.69) is 50.6 Å². The highest BCUT2D eigenvalue weighted by atomic mass is 32.1. The van der Waals surface area contributed by atoms with Crippen molar-refractivity contribution >= 4 is 21.2 Å². The Bertz CT molecular complexity index is 1300. The maximum Gasteiger partial charge on any atom is 0.259 e. The molecule has 1 aliphatic heterocycles. The number of benzene rings is 3. The average Bonchev–Trinajstić information content (AvgIpc) is 3.40. The van der Waals surface area contributed by atoms with Crippen LogP contribution in [0.15, 0.2) is 78.9 Å². The molecular weight excluding hydrogens is 607 g/mol. The lowest BCUT2D eigenvalue weighted by Gasteiger charge is -2.40. The van der Waals surface area contributed by atoms with Gasteiger partial charge in [0, 0.05) is 18.5 Å². The van der Waals surface area contributed by atoms with Gasteiger partial charge >= 0.3 is 0 Å².